The molecule has 0 bridgehead atoms. The summed E-state index contributed by atoms with van der Waals surface area (Å²) >= 11 is 0. The van der Waals surface area contributed by atoms with E-state index in [-0.39, 0.29) is 12.2 Å². The van der Waals surface area contributed by atoms with E-state index in [0.717, 1.165) is 51.0 Å². The van der Waals surface area contributed by atoms with E-state index in [4.69, 9.17) is 4.74 Å². The lowest BCUT2D eigenvalue weighted by molar-refractivity contribution is -0.172. The van der Waals surface area contributed by atoms with Crippen molar-refractivity contribution in [3.63, 3.8) is 0 Å². The van der Waals surface area contributed by atoms with Crippen LogP contribution < -0.4 is 10.1 Å². The normalized spacial score (nSPS) is 14.0. The van der Waals surface area contributed by atoms with E-state index in [1.165, 1.54) is 19.6 Å². The first-order valence-electron chi connectivity index (χ1n) is 15.0. The number of carboxylic acids is 3. The third-order valence-corrected chi connectivity index (χ3v) is 7.27. The van der Waals surface area contributed by atoms with Crippen LogP contribution in [0.15, 0.2) is 36.4 Å². The van der Waals surface area contributed by atoms with Crippen molar-refractivity contribution in [3.8, 4) is 5.75 Å². The molecule has 43 heavy (non-hydrogen) atoms. The van der Waals surface area contributed by atoms with Crippen LogP contribution >= 0.6 is 0 Å². The molecule has 3 atom stereocenters. The van der Waals surface area contributed by atoms with Crippen LogP contribution in [0.5, 0.6) is 5.75 Å². The van der Waals surface area contributed by atoms with Crippen LogP contribution in [-0.2, 0) is 30.4 Å². The Labute approximate surface area is 253 Å². The molecular weight excluding hydrogens is 558 g/mol. The van der Waals surface area contributed by atoms with Crippen LogP contribution in [0.4, 0.5) is 0 Å². The van der Waals surface area contributed by atoms with Crippen LogP contribution in [0.25, 0.3) is 0 Å². The zero-order valence-corrected chi connectivity index (χ0v) is 25.3. The van der Waals surface area contributed by atoms with E-state index in [1.807, 2.05) is 0 Å². The van der Waals surface area contributed by atoms with Crippen LogP contribution in [0, 0.1) is 5.92 Å². The lowest BCUT2D eigenvalue weighted by Crippen LogP contribution is -2.55. The van der Waals surface area contributed by atoms with Gasteiger partial charge in [-0.15, -0.1) is 0 Å². The Morgan fingerprint density at radius 2 is 1.47 bits per heavy atom. The highest BCUT2D eigenvalue weighted by Gasteiger charge is 2.49. The van der Waals surface area contributed by atoms with Gasteiger partial charge in [0.2, 0.25) is 5.91 Å². The maximum Gasteiger partial charge on any atom is 0.337 e. The Morgan fingerprint density at radius 1 is 0.884 bits per heavy atom. The first kappa shape index (κ1) is 37.3. The molecule has 5 N–H and O–H groups in total. The second-order valence-corrected chi connectivity index (χ2v) is 10.8. The SMILES string of the molecule is CCCCCCCC(=O)CCCCCC/C=C/C(C(=O)NC(Cc1ccc(OC)cc1)C(=O)O)C(O)(CC(=O)O)C(=O)O. The highest BCUT2D eigenvalue weighted by molar-refractivity contribution is 5.94. The van der Waals surface area contributed by atoms with Crippen LogP contribution in [0.3, 0.4) is 0 Å². The summed E-state index contributed by atoms with van der Waals surface area (Å²) in [6.45, 7) is 2.15. The van der Waals surface area contributed by atoms with Gasteiger partial charge in [-0.2, -0.15) is 0 Å². The van der Waals surface area contributed by atoms with Gasteiger partial charge in [0.25, 0.3) is 0 Å². The van der Waals surface area contributed by atoms with Crippen LogP contribution in [-0.4, -0.2) is 68.8 Å². The molecule has 240 valence electrons. The number of rotatable bonds is 24. The number of ketones is 1. The fourth-order valence-electron chi connectivity index (χ4n) is 4.69. The molecule has 0 fully saturated rings. The number of benzene rings is 1. The zero-order valence-electron chi connectivity index (χ0n) is 25.3. The fraction of sp³-hybridized carbons (Fsp3) is 0.594. The van der Waals surface area contributed by atoms with E-state index in [9.17, 15) is 44.4 Å². The highest BCUT2D eigenvalue weighted by Crippen LogP contribution is 2.26. The number of hydrogen-bond donors (Lipinski definition) is 5. The molecule has 0 saturated heterocycles. The van der Waals surface area contributed by atoms with Gasteiger partial charge in [-0.1, -0.05) is 69.7 Å². The second kappa shape index (κ2) is 20.2. The van der Waals surface area contributed by atoms with E-state index >= 15 is 0 Å². The third-order valence-electron chi connectivity index (χ3n) is 7.27. The van der Waals surface area contributed by atoms with Crippen LogP contribution in [0.1, 0.15) is 96.0 Å². The molecule has 1 aromatic carbocycles. The maximum atomic E-state index is 13.2. The van der Waals surface area contributed by atoms with Crippen molar-refractivity contribution >= 4 is 29.6 Å². The van der Waals surface area contributed by atoms with E-state index < -0.39 is 47.8 Å². The van der Waals surface area contributed by atoms with Gasteiger partial charge in [0.15, 0.2) is 5.60 Å². The number of aliphatic hydroxyl groups is 1. The lowest BCUT2D eigenvalue weighted by atomic mass is 9.82. The summed E-state index contributed by atoms with van der Waals surface area (Å²) in [7, 11) is 1.48. The van der Waals surface area contributed by atoms with Gasteiger partial charge < -0.3 is 30.5 Å². The molecule has 11 nitrogen and oxygen atoms in total. The molecule has 0 aromatic heterocycles. The fourth-order valence-corrected chi connectivity index (χ4v) is 4.69. The molecular formula is C32H47NO10. The van der Waals surface area contributed by atoms with Crippen molar-refractivity contribution in [2.75, 3.05) is 7.11 Å². The number of carbonyl (C=O) groups excluding carboxylic acids is 2. The molecule has 3 unspecified atom stereocenters. The smallest absolute Gasteiger partial charge is 0.337 e. The van der Waals surface area contributed by atoms with E-state index in [2.05, 4.69) is 12.2 Å². The van der Waals surface area contributed by atoms with Crippen molar-refractivity contribution in [2.24, 2.45) is 5.92 Å². The number of nitrogens with one attached hydrogen (secondary N) is 1. The molecule has 0 spiro atoms. The van der Waals surface area contributed by atoms with Gasteiger partial charge in [-0.25, -0.2) is 9.59 Å². The highest BCUT2D eigenvalue weighted by atomic mass is 16.5. The van der Waals surface area contributed by atoms with Crippen molar-refractivity contribution < 1.29 is 49.1 Å². The van der Waals surface area contributed by atoms with E-state index in [1.54, 1.807) is 24.3 Å². The number of carbonyl (C=O) groups is 5. The summed E-state index contributed by atoms with van der Waals surface area (Å²) in [5.74, 6) is -7.13. The predicted molar refractivity (Wildman–Crippen MR) is 160 cm³/mol. The third kappa shape index (κ3) is 14.3. The second-order valence-electron chi connectivity index (χ2n) is 10.8. The summed E-state index contributed by atoms with van der Waals surface area (Å²) in [5.41, 5.74) is -2.46. The molecule has 0 heterocycles. The minimum Gasteiger partial charge on any atom is -0.497 e. The van der Waals surface area contributed by atoms with Crippen LogP contribution in [0.2, 0.25) is 0 Å². The number of Topliss-reactive ketones (excluding diaryl/α,β-unsaturated/α-hetero) is 1. The molecule has 0 aliphatic rings. The summed E-state index contributed by atoms with van der Waals surface area (Å²) in [6, 6.07) is 4.98. The summed E-state index contributed by atoms with van der Waals surface area (Å²) < 4.78 is 5.08. The number of carboxylic acid groups (broad SMARTS) is 3. The number of methoxy groups -OCH3 is 1. The van der Waals surface area contributed by atoms with Gasteiger partial charge in [0, 0.05) is 19.3 Å². The maximum absolute atomic E-state index is 13.2. The van der Waals surface area contributed by atoms with E-state index in [0.29, 0.717) is 37.0 Å². The van der Waals surface area contributed by atoms with Crippen molar-refractivity contribution in [3.05, 3.63) is 42.0 Å². The summed E-state index contributed by atoms with van der Waals surface area (Å²) in [5, 5.41) is 41.7. The lowest BCUT2D eigenvalue weighted by Gasteiger charge is -2.29. The van der Waals surface area contributed by atoms with Crippen molar-refractivity contribution in [1.29, 1.82) is 0 Å². The van der Waals surface area contributed by atoms with Crippen molar-refractivity contribution in [2.45, 2.75) is 108 Å². The Morgan fingerprint density at radius 3 is 1.98 bits per heavy atom. The number of aliphatic carboxylic acids is 3. The Balaban J connectivity index is 2.79. The Hall–Kier alpha value is -3.73. The average Bonchev–Trinajstić information content (AvgIpc) is 2.95. The molecule has 1 amide bonds. The molecule has 0 aliphatic carbocycles. The van der Waals surface area contributed by atoms with Gasteiger partial charge >= 0.3 is 17.9 Å². The molecule has 1 rings (SSSR count). The number of hydrogen-bond acceptors (Lipinski definition) is 7. The zero-order chi connectivity index (χ0) is 32.3. The van der Waals surface area contributed by atoms with Gasteiger partial charge in [0.05, 0.1) is 19.4 Å². The molecule has 1 aromatic rings. The molecule has 0 aliphatic heterocycles. The monoisotopic (exact) mass is 605 g/mol. The Kier molecular flexibility index (Phi) is 17.5. The topological polar surface area (TPSA) is 188 Å². The Bertz CT molecular complexity index is 1070. The molecule has 11 heteroatoms. The first-order valence-corrected chi connectivity index (χ1v) is 15.0. The molecule has 0 saturated carbocycles. The number of ether oxygens (including phenoxy) is 1. The summed E-state index contributed by atoms with van der Waals surface area (Å²) in [4.78, 5) is 60.5. The van der Waals surface area contributed by atoms with Crippen molar-refractivity contribution in [1.82, 2.24) is 5.32 Å². The average molecular weight is 606 g/mol. The first-order chi connectivity index (χ1) is 20.4. The minimum absolute atomic E-state index is 0.146. The van der Waals surface area contributed by atoms with Gasteiger partial charge in [-0.3, -0.25) is 14.4 Å². The summed E-state index contributed by atoms with van der Waals surface area (Å²) in [6.07, 6.45) is 11.3. The number of allylic oxidation sites excluding steroid dienone is 1. The minimum atomic E-state index is -3.01. The quantitative estimate of drug-likeness (QED) is 0.0827. The molecule has 0 radical (unpaired) electrons. The standard InChI is InChI=1S/C32H47NO10/c1-3-4-5-8-11-14-24(34)15-12-9-6-7-10-13-16-26(32(42,31(40)41)22-28(35)36)29(37)33-27(30(38)39)21-23-17-19-25(43-2)20-18-23/h13,16-20,26-27,42H,3-12,14-15,21-22H2,1-2H3,(H,33,37)(H,35,36)(H,38,39)(H,40,41)/b16-13+. The largest absolute Gasteiger partial charge is 0.497 e. The number of amides is 1. The number of unbranched alkanes of at least 4 members (excludes halogenated alkanes) is 8. The van der Waals surface area contributed by atoms with Gasteiger partial charge in [0.1, 0.15) is 17.6 Å². The predicted octanol–water partition coefficient (Wildman–Crippen LogP) is 4.54. The van der Waals surface area contributed by atoms with Gasteiger partial charge in [-0.05, 0) is 43.4 Å².